The Morgan fingerprint density at radius 2 is 0.589 bits per heavy atom. The maximum Gasteiger partial charge on any atom is 0.309 e. The van der Waals surface area contributed by atoms with Gasteiger partial charge in [0, 0.05) is 0 Å². The third kappa shape index (κ3) is 48.7. The van der Waals surface area contributed by atoms with Gasteiger partial charge in [-0.3, -0.25) is 9.59 Å². The average Bonchev–Trinajstić information content (AvgIpc) is 3.46. The van der Waals surface area contributed by atoms with E-state index in [0.717, 1.165) is 19.3 Å². The van der Waals surface area contributed by atoms with Gasteiger partial charge in [-0.05, 0) is 32.1 Å². The second kappa shape index (κ2) is 56.8. The van der Waals surface area contributed by atoms with Crippen LogP contribution in [0.3, 0.4) is 0 Å². The Hall–Kier alpha value is -1.40. The van der Waals surface area contributed by atoms with Crippen LogP contribution < -0.4 is 0 Å². The smallest absolute Gasteiger partial charge is 0.309 e. The fraction of sp³-hybridized carbons (Fsp3) is 0.940. The van der Waals surface area contributed by atoms with Gasteiger partial charge in [0.2, 0.25) is 0 Å². The van der Waals surface area contributed by atoms with Gasteiger partial charge in [-0.2, -0.15) is 0 Å². The molecule has 0 radical (unpaired) electrons. The fourth-order valence-corrected chi connectivity index (χ4v) is 11.1. The number of carbonyl (C=O) groups is 2. The molecule has 432 valence electrons. The summed E-state index contributed by atoms with van der Waals surface area (Å²) in [7, 11) is 0. The molecule has 1 heterocycles. The van der Waals surface area contributed by atoms with Crippen LogP contribution in [0.5, 0.6) is 0 Å². The lowest BCUT2D eigenvalue weighted by atomic mass is 9.92. The number of rotatable bonds is 58. The molecule has 6 heteroatoms. The van der Waals surface area contributed by atoms with Crippen molar-refractivity contribution in [3.05, 3.63) is 12.2 Å². The van der Waals surface area contributed by atoms with Crippen LogP contribution in [-0.2, 0) is 19.1 Å². The van der Waals surface area contributed by atoms with Crippen molar-refractivity contribution in [2.75, 3.05) is 26.4 Å². The summed E-state index contributed by atoms with van der Waals surface area (Å²) in [6.07, 6.45) is 81.6. The summed E-state index contributed by atoms with van der Waals surface area (Å²) in [4.78, 5) is 24.7. The quantitative estimate of drug-likeness (QED) is 0.0358. The number of hydrogen-bond donors (Lipinski definition) is 2. The van der Waals surface area contributed by atoms with Crippen LogP contribution in [0.2, 0.25) is 0 Å². The van der Waals surface area contributed by atoms with Gasteiger partial charge in [0.05, 0.1) is 31.0 Å². The third-order valence-electron chi connectivity index (χ3n) is 16.5. The van der Waals surface area contributed by atoms with E-state index >= 15 is 0 Å². The van der Waals surface area contributed by atoms with Crippen molar-refractivity contribution in [2.45, 2.75) is 366 Å². The van der Waals surface area contributed by atoms with E-state index in [1.165, 1.54) is 327 Å². The SMILES string of the molecule is CCCCCCCCCCCCCCCCC/C=C/CCCCCCCCCCCCCCCCCCCCCCCCCCCCCCCCCCCCCCCC1CC(=O)OCC(CO)(CO)COC1=O. The van der Waals surface area contributed by atoms with Gasteiger partial charge in [0.15, 0.2) is 0 Å². The molecule has 1 unspecified atom stereocenters. The van der Waals surface area contributed by atoms with E-state index in [0.29, 0.717) is 6.42 Å². The molecule has 1 atom stereocenters. The van der Waals surface area contributed by atoms with Crippen LogP contribution in [-0.4, -0.2) is 48.6 Å². The molecular formula is C67H128O6. The molecule has 0 bridgehead atoms. The molecule has 0 aromatic rings. The van der Waals surface area contributed by atoms with Crippen molar-refractivity contribution >= 4 is 11.9 Å². The zero-order chi connectivity index (χ0) is 52.5. The first-order valence-corrected chi connectivity index (χ1v) is 33.3. The maximum absolute atomic E-state index is 12.5. The van der Waals surface area contributed by atoms with E-state index in [4.69, 9.17) is 9.47 Å². The van der Waals surface area contributed by atoms with Crippen molar-refractivity contribution in [3.63, 3.8) is 0 Å². The Morgan fingerprint density at radius 3 is 0.849 bits per heavy atom. The van der Waals surface area contributed by atoms with Crippen LogP contribution in [0.4, 0.5) is 0 Å². The summed E-state index contributed by atoms with van der Waals surface area (Å²) in [6.45, 7) is 1.21. The molecule has 0 saturated carbocycles. The van der Waals surface area contributed by atoms with E-state index < -0.39 is 36.5 Å². The first-order valence-electron chi connectivity index (χ1n) is 33.3. The van der Waals surface area contributed by atoms with Crippen LogP contribution in [0, 0.1) is 11.3 Å². The molecule has 0 amide bonds. The first kappa shape index (κ1) is 69.6. The van der Waals surface area contributed by atoms with Crippen LogP contribution in [0.25, 0.3) is 0 Å². The monoisotopic (exact) mass is 1030 g/mol. The van der Waals surface area contributed by atoms with Crippen molar-refractivity contribution in [3.8, 4) is 0 Å². The normalized spacial score (nSPS) is 15.2. The second-order valence-electron chi connectivity index (χ2n) is 23.9. The zero-order valence-corrected chi connectivity index (χ0v) is 49.2. The van der Waals surface area contributed by atoms with Gasteiger partial charge in [-0.1, -0.05) is 340 Å². The molecule has 0 spiro atoms. The van der Waals surface area contributed by atoms with E-state index in [2.05, 4.69) is 19.1 Å². The predicted octanol–water partition coefficient (Wildman–Crippen LogP) is 21.1. The molecule has 1 fully saturated rings. The average molecular weight is 1030 g/mol. The summed E-state index contributed by atoms with van der Waals surface area (Å²) in [5, 5.41) is 19.2. The van der Waals surface area contributed by atoms with Crippen LogP contribution in [0.1, 0.15) is 366 Å². The molecule has 6 nitrogen and oxygen atoms in total. The summed E-state index contributed by atoms with van der Waals surface area (Å²) in [5.41, 5.74) is -1.12. The molecule has 1 aliphatic rings. The molecular weight excluding hydrogens is 901 g/mol. The highest BCUT2D eigenvalue weighted by Crippen LogP contribution is 2.25. The Kier molecular flexibility index (Phi) is 54.2. The lowest BCUT2D eigenvalue weighted by Gasteiger charge is -2.27. The number of aliphatic hydroxyl groups excluding tert-OH is 2. The predicted molar refractivity (Wildman–Crippen MR) is 315 cm³/mol. The number of ether oxygens (including phenoxy) is 2. The van der Waals surface area contributed by atoms with Gasteiger partial charge in [-0.25, -0.2) is 0 Å². The molecule has 0 aromatic heterocycles. The minimum atomic E-state index is -1.12. The Labute approximate surface area is 455 Å². The summed E-state index contributed by atoms with van der Waals surface area (Å²) < 4.78 is 10.6. The maximum atomic E-state index is 12.5. The molecule has 0 aliphatic carbocycles. The topological polar surface area (TPSA) is 93.1 Å². The highest BCUT2D eigenvalue weighted by Gasteiger charge is 2.36. The number of unbranched alkanes of at least 4 members (excludes halogenated alkanes) is 52. The summed E-state index contributed by atoms with van der Waals surface area (Å²) in [5.74, 6) is -1.40. The lowest BCUT2D eigenvalue weighted by Crippen LogP contribution is -2.40. The molecule has 0 aromatic carbocycles. The number of aliphatic hydroxyl groups is 2. The number of hydrogen-bond acceptors (Lipinski definition) is 6. The van der Waals surface area contributed by atoms with Gasteiger partial charge >= 0.3 is 11.9 Å². The van der Waals surface area contributed by atoms with Crippen molar-refractivity contribution < 1.29 is 29.3 Å². The van der Waals surface area contributed by atoms with Crippen LogP contribution >= 0.6 is 0 Å². The number of carbonyl (C=O) groups excluding carboxylic acids is 2. The van der Waals surface area contributed by atoms with Gasteiger partial charge < -0.3 is 19.7 Å². The Morgan fingerprint density at radius 1 is 0.356 bits per heavy atom. The largest absolute Gasteiger partial charge is 0.465 e. The van der Waals surface area contributed by atoms with Crippen molar-refractivity contribution in [1.29, 1.82) is 0 Å². The second-order valence-corrected chi connectivity index (χ2v) is 23.9. The van der Waals surface area contributed by atoms with Gasteiger partial charge in [0.1, 0.15) is 13.2 Å². The number of esters is 2. The zero-order valence-electron chi connectivity index (χ0n) is 49.2. The molecule has 1 rings (SSSR count). The minimum absolute atomic E-state index is 0.00503. The summed E-state index contributed by atoms with van der Waals surface area (Å²) in [6, 6.07) is 0. The molecule has 1 saturated heterocycles. The van der Waals surface area contributed by atoms with E-state index in [1.807, 2.05) is 0 Å². The number of allylic oxidation sites excluding steroid dienone is 2. The fourth-order valence-electron chi connectivity index (χ4n) is 11.1. The van der Waals surface area contributed by atoms with E-state index in [9.17, 15) is 19.8 Å². The minimum Gasteiger partial charge on any atom is -0.465 e. The third-order valence-corrected chi connectivity index (χ3v) is 16.5. The molecule has 1 aliphatic heterocycles. The molecule has 2 N–H and O–H groups in total. The van der Waals surface area contributed by atoms with E-state index in [-0.39, 0.29) is 19.6 Å². The molecule has 73 heavy (non-hydrogen) atoms. The summed E-state index contributed by atoms with van der Waals surface area (Å²) >= 11 is 0. The van der Waals surface area contributed by atoms with Gasteiger partial charge in [-0.15, -0.1) is 0 Å². The number of cyclic esters (lactones) is 2. The van der Waals surface area contributed by atoms with Crippen LogP contribution in [0.15, 0.2) is 12.2 Å². The lowest BCUT2D eigenvalue weighted by molar-refractivity contribution is -0.155. The van der Waals surface area contributed by atoms with Gasteiger partial charge in [0.25, 0.3) is 0 Å². The van der Waals surface area contributed by atoms with Crippen molar-refractivity contribution in [2.24, 2.45) is 11.3 Å². The van der Waals surface area contributed by atoms with Crippen molar-refractivity contribution in [1.82, 2.24) is 0 Å². The van der Waals surface area contributed by atoms with E-state index in [1.54, 1.807) is 0 Å². The Bertz CT molecular complexity index is 1150. The first-order chi connectivity index (χ1) is 36.1. The highest BCUT2D eigenvalue weighted by molar-refractivity contribution is 5.80. The highest BCUT2D eigenvalue weighted by atomic mass is 16.6. The standard InChI is InChI=1S/C67H128O6/c1-2-3-4-5-6-7-8-9-10-11-12-13-14-15-16-17-18-19-20-21-22-23-24-25-26-27-28-29-30-31-32-33-34-35-36-37-38-39-40-41-42-43-44-45-46-47-48-49-50-51-52-53-54-55-56-57-58-64-59-65(70)72-62-67(60-68,61-69)63-73-66(64)71/h18-19,64,68-69H,2-17,20-63H2,1H3/b19-18+. The Balaban J connectivity index is 1.67.